The summed E-state index contributed by atoms with van der Waals surface area (Å²) in [5.41, 5.74) is 8.48. The van der Waals surface area contributed by atoms with Gasteiger partial charge >= 0.3 is 0 Å². The minimum Gasteiger partial charge on any atom is -0.341 e. The van der Waals surface area contributed by atoms with E-state index in [1.807, 2.05) is 28.8 Å². The molecule has 3 heterocycles. The van der Waals surface area contributed by atoms with E-state index in [2.05, 4.69) is 4.90 Å². The average Bonchev–Trinajstić information content (AvgIpc) is 3.13. The summed E-state index contributed by atoms with van der Waals surface area (Å²) in [4.78, 5) is 20.5. The Labute approximate surface area is 195 Å². The van der Waals surface area contributed by atoms with E-state index < -0.39 is 0 Å². The molecule has 0 radical (unpaired) electrons. The smallest absolute Gasteiger partial charge is 0.277 e. The first kappa shape index (κ1) is 22.6. The number of imidazole rings is 1. The zero-order valence-corrected chi connectivity index (χ0v) is 19.2. The maximum Gasteiger partial charge on any atom is 0.277 e. The second-order valence-corrected chi connectivity index (χ2v) is 8.57. The molecule has 1 atom stereocenters. The highest BCUT2D eigenvalue weighted by Crippen LogP contribution is 2.30. The molecule has 0 spiro atoms. The fourth-order valence-corrected chi connectivity index (χ4v) is 4.67. The molecule has 0 saturated carbocycles. The summed E-state index contributed by atoms with van der Waals surface area (Å²) < 4.78 is 17.3. The minimum atomic E-state index is -0.389. The number of aryl methyl sites for hydroxylation is 1. The van der Waals surface area contributed by atoms with Crippen LogP contribution in [0.25, 0.3) is 21.9 Å². The lowest BCUT2D eigenvalue weighted by Crippen LogP contribution is -2.44. The van der Waals surface area contributed by atoms with Crippen molar-refractivity contribution in [1.29, 1.82) is 0 Å². The van der Waals surface area contributed by atoms with Crippen LogP contribution >= 0.6 is 24.0 Å². The van der Waals surface area contributed by atoms with Crippen LogP contribution in [0.3, 0.4) is 0 Å². The van der Waals surface area contributed by atoms with Gasteiger partial charge in [-0.1, -0.05) is 29.8 Å². The number of fused-ring (bicyclic) bond motifs is 3. The molecule has 32 heavy (non-hydrogen) atoms. The Morgan fingerprint density at radius 2 is 2.03 bits per heavy atom. The molecule has 168 valence electrons. The molecule has 1 aliphatic rings. The number of nitrogens with zero attached hydrogens (tertiary/aromatic N) is 4. The minimum absolute atomic E-state index is 0. The largest absolute Gasteiger partial charge is 0.341 e. The Morgan fingerprint density at radius 1 is 1.25 bits per heavy atom. The van der Waals surface area contributed by atoms with Crippen molar-refractivity contribution >= 4 is 51.9 Å². The Kier molecular flexibility index (Phi) is 6.16. The molecule has 4 aromatic rings. The number of halogens is 3. The van der Waals surface area contributed by atoms with Gasteiger partial charge in [0.05, 0.1) is 12.1 Å². The molecular formula is C23H24Cl2FN5O. The molecule has 9 heteroatoms. The summed E-state index contributed by atoms with van der Waals surface area (Å²) in [7, 11) is 1.66. The molecule has 6 nitrogen and oxygen atoms in total. The third-order valence-corrected chi connectivity index (χ3v) is 6.43. The van der Waals surface area contributed by atoms with Gasteiger partial charge in [-0.25, -0.2) is 9.37 Å². The molecule has 0 unspecified atom stereocenters. The van der Waals surface area contributed by atoms with E-state index in [1.54, 1.807) is 13.1 Å². The Balaban J connectivity index is 0.00000245. The van der Waals surface area contributed by atoms with Gasteiger partial charge < -0.3 is 19.8 Å². The summed E-state index contributed by atoms with van der Waals surface area (Å²) in [5.74, 6) is 0.304. The van der Waals surface area contributed by atoms with Crippen molar-refractivity contribution < 1.29 is 4.39 Å². The predicted octanol–water partition coefficient (Wildman–Crippen LogP) is 4.08. The normalized spacial score (nSPS) is 16.5. The molecule has 1 aliphatic heterocycles. The van der Waals surface area contributed by atoms with Crippen LogP contribution in [0.4, 0.5) is 10.3 Å². The molecule has 2 N–H and O–H groups in total. The number of aromatic nitrogens is 3. The van der Waals surface area contributed by atoms with Crippen LogP contribution in [0.1, 0.15) is 18.4 Å². The fourth-order valence-electron chi connectivity index (χ4n) is 4.48. The van der Waals surface area contributed by atoms with Crippen molar-refractivity contribution in [3.63, 3.8) is 0 Å². The lowest BCUT2D eigenvalue weighted by atomic mass is 10.1. The molecule has 2 aromatic carbocycles. The van der Waals surface area contributed by atoms with Gasteiger partial charge in [-0.2, -0.15) is 0 Å². The van der Waals surface area contributed by atoms with Crippen molar-refractivity contribution in [2.24, 2.45) is 12.8 Å². The third kappa shape index (κ3) is 3.74. The summed E-state index contributed by atoms with van der Waals surface area (Å²) in [6.45, 7) is 1.88. The second-order valence-electron chi connectivity index (χ2n) is 8.16. The molecular weight excluding hydrogens is 452 g/mol. The molecule has 0 amide bonds. The highest BCUT2D eigenvalue weighted by Gasteiger charge is 2.26. The molecule has 2 aromatic heterocycles. The third-order valence-electron chi connectivity index (χ3n) is 6.06. The molecule has 5 rings (SSSR count). The number of rotatable bonds is 3. The number of pyridine rings is 1. The number of nitrogens with two attached hydrogens (primary N) is 1. The zero-order chi connectivity index (χ0) is 21.7. The van der Waals surface area contributed by atoms with Gasteiger partial charge in [0.15, 0.2) is 0 Å². The van der Waals surface area contributed by atoms with Crippen molar-refractivity contribution in [1.82, 2.24) is 14.1 Å². The van der Waals surface area contributed by atoms with E-state index in [4.69, 9.17) is 22.3 Å². The topological polar surface area (TPSA) is 69.1 Å². The summed E-state index contributed by atoms with van der Waals surface area (Å²) in [5, 5.41) is 1.37. The summed E-state index contributed by atoms with van der Waals surface area (Å²) >= 11 is 6.44. The number of hydrogen-bond acceptors (Lipinski definition) is 4. The highest BCUT2D eigenvalue weighted by molar-refractivity contribution is 6.31. The molecule has 1 fully saturated rings. The predicted molar refractivity (Wildman–Crippen MR) is 130 cm³/mol. The van der Waals surface area contributed by atoms with E-state index in [0.717, 1.165) is 30.3 Å². The van der Waals surface area contributed by atoms with E-state index in [-0.39, 0.29) is 29.8 Å². The molecule has 0 bridgehead atoms. The van der Waals surface area contributed by atoms with E-state index in [0.29, 0.717) is 40.6 Å². The Morgan fingerprint density at radius 3 is 2.78 bits per heavy atom. The zero-order valence-electron chi connectivity index (χ0n) is 17.6. The van der Waals surface area contributed by atoms with Crippen molar-refractivity contribution in [3.05, 3.63) is 69.2 Å². The van der Waals surface area contributed by atoms with Crippen molar-refractivity contribution in [2.45, 2.75) is 25.4 Å². The lowest BCUT2D eigenvalue weighted by molar-refractivity contribution is 0.495. The Hall–Kier alpha value is -2.61. The molecule has 0 aliphatic carbocycles. The van der Waals surface area contributed by atoms with Crippen LogP contribution in [0.2, 0.25) is 5.02 Å². The van der Waals surface area contributed by atoms with Crippen LogP contribution in [0, 0.1) is 5.82 Å². The van der Waals surface area contributed by atoms with Crippen LogP contribution < -0.4 is 16.2 Å². The quantitative estimate of drug-likeness (QED) is 0.484. The van der Waals surface area contributed by atoms with Crippen LogP contribution in [0.5, 0.6) is 0 Å². The maximum atomic E-state index is 13.9. The van der Waals surface area contributed by atoms with E-state index in [1.165, 1.54) is 16.7 Å². The van der Waals surface area contributed by atoms with Crippen LogP contribution in [0.15, 0.2) is 47.3 Å². The van der Waals surface area contributed by atoms with Gasteiger partial charge in [0, 0.05) is 36.6 Å². The molecule has 1 saturated heterocycles. The Bertz CT molecular complexity index is 1370. The first-order valence-electron chi connectivity index (χ1n) is 10.4. The number of benzene rings is 2. The van der Waals surface area contributed by atoms with Crippen LogP contribution in [-0.2, 0) is 13.6 Å². The fraction of sp³-hybridized carbons (Fsp3) is 0.304. The first-order chi connectivity index (χ1) is 14.9. The second kappa shape index (κ2) is 8.73. The van der Waals surface area contributed by atoms with Crippen LogP contribution in [-0.4, -0.2) is 33.2 Å². The van der Waals surface area contributed by atoms with Crippen molar-refractivity contribution in [2.75, 3.05) is 18.0 Å². The van der Waals surface area contributed by atoms with Crippen molar-refractivity contribution in [3.8, 4) is 0 Å². The summed E-state index contributed by atoms with van der Waals surface area (Å²) in [6, 6.07) is 12.1. The van der Waals surface area contributed by atoms with Gasteiger partial charge in [-0.05, 0) is 42.7 Å². The monoisotopic (exact) mass is 475 g/mol. The maximum absolute atomic E-state index is 13.9. The first-order valence-corrected chi connectivity index (χ1v) is 10.7. The van der Waals surface area contributed by atoms with E-state index >= 15 is 0 Å². The number of anilines is 1. The van der Waals surface area contributed by atoms with E-state index in [9.17, 15) is 9.18 Å². The SMILES string of the molecule is Cl.Cn1c(=O)c2c(nc(N3CCC[C@@H](N)C3)n2Cc2ccccc2Cl)c2ccc(F)cc21. The van der Waals surface area contributed by atoms with Gasteiger partial charge in [0.25, 0.3) is 5.56 Å². The number of hydrogen-bond donors (Lipinski definition) is 1. The standard InChI is InChI=1S/C23H23ClFN5O.ClH/c1-28-19-11-15(25)8-9-17(19)20-21(22(28)31)30(12-14-5-2-3-7-18(14)24)23(27-20)29-10-4-6-16(26)13-29;/h2-3,5,7-9,11,16H,4,6,10,12-13,26H2,1H3;1H/t16-;/m1./s1. The lowest BCUT2D eigenvalue weighted by Gasteiger charge is -2.32. The number of piperidine rings is 1. The average molecular weight is 476 g/mol. The highest BCUT2D eigenvalue weighted by atomic mass is 35.5. The van der Waals surface area contributed by atoms with Gasteiger partial charge in [-0.3, -0.25) is 4.79 Å². The van der Waals surface area contributed by atoms with Gasteiger partial charge in [-0.15, -0.1) is 12.4 Å². The summed E-state index contributed by atoms with van der Waals surface area (Å²) in [6.07, 6.45) is 1.92. The van der Waals surface area contributed by atoms with Gasteiger partial charge in [0.1, 0.15) is 16.9 Å². The van der Waals surface area contributed by atoms with Gasteiger partial charge in [0.2, 0.25) is 5.95 Å².